The van der Waals surface area contributed by atoms with Gasteiger partial charge in [0.15, 0.2) is 0 Å². The second-order valence-corrected chi connectivity index (χ2v) is 7.72. The Balaban J connectivity index is 1.94. The number of likely N-dealkylation sites (N-methyl/N-ethyl adjacent to an activating group) is 1. The molecule has 0 atom stereocenters. The van der Waals surface area contributed by atoms with E-state index in [-0.39, 0.29) is 29.6 Å². The molecule has 0 spiro atoms. The largest absolute Gasteiger partial charge is 0.378 e. The summed E-state index contributed by atoms with van der Waals surface area (Å²) in [5, 5.41) is 0. The SMILES string of the molecule is CN1CC(=O)N(CC(=O)N2CCOCC2)c2ccccc2S1(=O)=O. The van der Waals surface area contributed by atoms with Crippen LogP contribution in [0, 0.1) is 0 Å². The van der Waals surface area contributed by atoms with Crippen molar-refractivity contribution in [2.45, 2.75) is 4.90 Å². The van der Waals surface area contributed by atoms with Crippen LogP contribution < -0.4 is 4.90 Å². The first-order valence-corrected chi connectivity index (χ1v) is 9.06. The van der Waals surface area contributed by atoms with Crippen molar-refractivity contribution < 1.29 is 22.7 Å². The molecule has 2 heterocycles. The molecule has 1 aromatic carbocycles. The zero-order valence-electron chi connectivity index (χ0n) is 13.3. The number of morpholine rings is 1. The van der Waals surface area contributed by atoms with E-state index in [9.17, 15) is 18.0 Å². The molecule has 2 aliphatic heterocycles. The lowest BCUT2D eigenvalue weighted by molar-refractivity contribution is -0.135. The summed E-state index contributed by atoms with van der Waals surface area (Å²) in [4.78, 5) is 27.9. The summed E-state index contributed by atoms with van der Waals surface area (Å²) in [5.74, 6) is -0.643. The van der Waals surface area contributed by atoms with Gasteiger partial charge in [0.1, 0.15) is 11.4 Å². The Labute approximate surface area is 140 Å². The number of rotatable bonds is 2. The van der Waals surface area contributed by atoms with Gasteiger partial charge in [-0.15, -0.1) is 0 Å². The third-order valence-electron chi connectivity index (χ3n) is 4.16. The lowest BCUT2D eigenvalue weighted by Crippen LogP contribution is -2.48. The Hall–Kier alpha value is -1.97. The van der Waals surface area contributed by atoms with Gasteiger partial charge in [0.25, 0.3) is 0 Å². The van der Waals surface area contributed by atoms with E-state index in [1.165, 1.54) is 18.0 Å². The predicted molar refractivity (Wildman–Crippen MR) is 86.0 cm³/mol. The zero-order chi connectivity index (χ0) is 17.3. The molecule has 1 saturated heterocycles. The Morgan fingerprint density at radius 1 is 1.21 bits per heavy atom. The predicted octanol–water partition coefficient (Wildman–Crippen LogP) is -0.487. The van der Waals surface area contributed by atoms with Crippen LogP contribution in [0.2, 0.25) is 0 Å². The van der Waals surface area contributed by atoms with Crippen molar-refractivity contribution in [1.82, 2.24) is 9.21 Å². The Morgan fingerprint density at radius 3 is 2.58 bits per heavy atom. The maximum atomic E-state index is 12.5. The number of amides is 2. The van der Waals surface area contributed by atoms with Gasteiger partial charge in [-0.05, 0) is 12.1 Å². The molecule has 1 fully saturated rings. The van der Waals surface area contributed by atoms with Gasteiger partial charge in [-0.3, -0.25) is 9.59 Å². The van der Waals surface area contributed by atoms with Gasteiger partial charge in [0, 0.05) is 20.1 Å². The molecule has 24 heavy (non-hydrogen) atoms. The van der Waals surface area contributed by atoms with Crippen molar-refractivity contribution in [3.63, 3.8) is 0 Å². The summed E-state index contributed by atoms with van der Waals surface area (Å²) in [6, 6.07) is 6.25. The van der Waals surface area contributed by atoms with Crippen LogP contribution in [0.15, 0.2) is 29.2 Å². The van der Waals surface area contributed by atoms with Crippen LogP contribution in [0.1, 0.15) is 0 Å². The van der Waals surface area contributed by atoms with Gasteiger partial charge in [0.2, 0.25) is 21.8 Å². The molecule has 0 N–H and O–H groups in total. The van der Waals surface area contributed by atoms with E-state index in [1.54, 1.807) is 23.1 Å². The summed E-state index contributed by atoms with van der Waals surface area (Å²) in [7, 11) is -2.40. The van der Waals surface area contributed by atoms with Gasteiger partial charge >= 0.3 is 0 Å². The first-order valence-electron chi connectivity index (χ1n) is 7.62. The van der Waals surface area contributed by atoms with Crippen molar-refractivity contribution in [3.05, 3.63) is 24.3 Å². The lowest BCUT2D eigenvalue weighted by Gasteiger charge is -2.29. The highest BCUT2D eigenvalue weighted by Gasteiger charge is 2.35. The molecule has 0 aliphatic carbocycles. The van der Waals surface area contributed by atoms with E-state index in [4.69, 9.17) is 4.74 Å². The van der Waals surface area contributed by atoms with Gasteiger partial charge < -0.3 is 14.5 Å². The van der Waals surface area contributed by atoms with E-state index in [1.807, 2.05) is 0 Å². The van der Waals surface area contributed by atoms with Crippen LogP contribution in [0.3, 0.4) is 0 Å². The van der Waals surface area contributed by atoms with Gasteiger partial charge in [-0.1, -0.05) is 12.1 Å². The Kier molecular flexibility index (Phi) is 4.57. The maximum absolute atomic E-state index is 12.5. The minimum atomic E-state index is -3.76. The van der Waals surface area contributed by atoms with Crippen LogP contribution in [0.5, 0.6) is 0 Å². The molecule has 0 aromatic heterocycles. The molecule has 0 saturated carbocycles. The summed E-state index contributed by atoms with van der Waals surface area (Å²) in [6.07, 6.45) is 0. The number of carbonyl (C=O) groups excluding carboxylic acids is 2. The van der Waals surface area contributed by atoms with E-state index >= 15 is 0 Å². The second kappa shape index (κ2) is 6.50. The number of para-hydroxylation sites is 1. The fourth-order valence-electron chi connectivity index (χ4n) is 2.78. The molecule has 0 unspecified atom stereocenters. The number of hydrogen-bond acceptors (Lipinski definition) is 5. The van der Waals surface area contributed by atoms with Crippen molar-refractivity contribution >= 4 is 27.5 Å². The molecule has 1 aromatic rings. The van der Waals surface area contributed by atoms with E-state index in [2.05, 4.69) is 0 Å². The Morgan fingerprint density at radius 2 is 1.88 bits per heavy atom. The Bertz CT molecular complexity index is 758. The summed E-state index contributed by atoms with van der Waals surface area (Å²) in [5.41, 5.74) is 0.244. The molecular weight excluding hydrogens is 334 g/mol. The molecule has 0 bridgehead atoms. The maximum Gasteiger partial charge on any atom is 0.245 e. The number of anilines is 1. The van der Waals surface area contributed by atoms with E-state index < -0.39 is 15.9 Å². The number of nitrogens with zero attached hydrogens (tertiary/aromatic N) is 3. The standard InChI is InChI=1S/C15H19N3O5S/c1-16-10-15(20)18(11-14(19)17-6-8-23-9-7-17)12-4-2-3-5-13(12)24(16,21)22/h2-5H,6-11H2,1H3. The number of fused-ring (bicyclic) bond motifs is 1. The lowest BCUT2D eigenvalue weighted by atomic mass is 10.2. The molecular formula is C15H19N3O5S. The average molecular weight is 353 g/mol. The molecule has 9 heteroatoms. The highest BCUT2D eigenvalue weighted by atomic mass is 32.2. The topological polar surface area (TPSA) is 87.2 Å². The number of ether oxygens (including phenoxy) is 1. The van der Waals surface area contributed by atoms with Gasteiger partial charge in [0.05, 0.1) is 25.4 Å². The van der Waals surface area contributed by atoms with Crippen LogP contribution in [-0.4, -0.2) is 75.9 Å². The van der Waals surface area contributed by atoms with Gasteiger partial charge in [-0.25, -0.2) is 8.42 Å². The number of carbonyl (C=O) groups is 2. The van der Waals surface area contributed by atoms with Crippen LogP contribution in [0.25, 0.3) is 0 Å². The zero-order valence-corrected chi connectivity index (χ0v) is 14.2. The van der Waals surface area contributed by atoms with Crippen LogP contribution in [0.4, 0.5) is 5.69 Å². The van der Waals surface area contributed by atoms with Crippen molar-refractivity contribution in [3.8, 4) is 0 Å². The normalized spacial score (nSPS) is 21.3. The van der Waals surface area contributed by atoms with Gasteiger partial charge in [-0.2, -0.15) is 4.31 Å². The molecule has 2 amide bonds. The van der Waals surface area contributed by atoms with E-state index in [0.717, 1.165) is 4.31 Å². The summed E-state index contributed by atoms with van der Waals surface area (Å²) < 4.78 is 31.3. The number of sulfonamides is 1. The fraction of sp³-hybridized carbons (Fsp3) is 0.467. The highest BCUT2D eigenvalue weighted by Crippen LogP contribution is 2.30. The summed E-state index contributed by atoms with van der Waals surface area (Å²) in [6.45, 7) is 1.40. The number of benzene rings is 1. The van der Waals surface area contributed by atoms with Crippen molar-refractivity contribution in [1.29, 1.82) is 0 Å². The van der Waals surface area contributed by atoms with E-state index in [0.29, 0.717) is 26.3 Å². The first kappa shape index (κ1) is 16.9. The minimum Gasteiger partial charge on any atom is -0.378 e. The quantitative estimate of drug-likeness (QED) is 0.716. The molecule has 8 nitrogen and oxygen atoms in total. The monoisotopic (exact) mass is 353 g/mol. The fourth-order valence-corrected chi connectivity index (χ4v) is 4.09. The third kappa shape index (κ3) is 3.02. The van der Waals surface area contributed by atoms with Crippen LogP contribution >= 0.6 is 0 Å². The molecule has 130 valence electrons. The third-order valence-corrected chi connectivity index (χ3v) is 6.01. The highest BCUT2D eigenvalue weighted by molar-refractivity contribution is 7.89. The molecule has 2 aliphatic rings. The average Bonchev–Trinajstić information content (AvgIpc) is 2.65. The minimum absolute atomic E-state index is 0.0353. The van der Waals surface area contributed by atoms with Crippen molar-refractivity contribution in [2.24, 2.45) is 0 Å². The first-order chi connectivity index (χ1) is 11.4. The number of hydrogen-bond donors (Lipinski definition) is 0. The van der Waals surface area contributed by atoms with Crippen LogP contribution in [-0.2, 0) is 24.3 Å². The smallest absolute Gasteiger partial charge is 0.245 e. The molecule has 3 rings (SSSR count). The second-order valence-electron chi connectivity index (χ2n) is 5.70. The summed E-state index contributed by atoms with van der Waals surface area (Å²) >= 11 is 0. The van der Waals surface area contributed by atoms with Crippen molar-refractivity contribution in [2.75, 3.05) is 51.3 Å². The molecule has 0 radical (unpaired) electrons.